The van der Waals surface area contributed by atoms with E-state index in [0.29, 0.717) is 18.8 Å². The first-order valence-electron chi connectivity index (χ1n) is 5.64. The minimum Gasteiger partial charge on any atom is -0.449 e. The number of amides is 1. The Labute approximate surface area is 106 Å². The second kappa shape index (κ2) is 7.16. The van der Waals surface area contributed by atoms with E-state index in [2.05, 4.69) is 5.16 Å². The summed E-state index contributed by atoms with van der Waals surface area (Å²) >= 11 is 0. The summed E-state index contributed by atoms with van der Waals surface area (Å²) in [5.41, 5.74) is 6.10. The number of carbonyl (C=O) groups excluding carboxylic acids is 1. The van der Waals surface area contributed by atoms with Gasteiger partial charge in [0.2, 0.25) is 0 Å². The Balaban J connectivity index is 2.79. The van der Waals surface area contributed by atoms with Gasteiger partial charge >= 0.3 is 6.09 Å². The van der Waals surface area contributed by atoms with Gasteiger partial charge < -0.3 is 15.7 Å². The van der Waals surface area contributed by atoms with Gasteiger partial charge in [0.1, 0.15) is 5.84 Å². The zero-order valence-corrected chi connectivity index (χ0v) is 10.2. The van der Waals surface area contributed by atoms with Crippen molar-refractivity contribution in [3.05, 3.63) is 30.3 Å². The van der Waals surface area contributed by atoms with Crippen molar-refractivity contribution in [2.75, 3.05) is 18.1 Å². The number of oxime groups is 1. The standard InChI is InChI=1S/C12H17N3O3/c1-2-18-12(16)15(9-8-11(13)14-17)10-6-4-3-5-7-10/h3-7,17H,2,8-9H2,1H3,(H2,13,14). The van der Waals surface area contributed by atoms with Crippen LogP contribution < -0.4 is 10.6 Å². The molecule has 3 N–H and O–H groups in total. The molecule has 0 unspecified atom stereocenters. The maximum Gasteiger partial charge on any atom is 0.414 e. The average Bonchev–Trinajstić information content (AvgIpc) is 2.40. The van der Waals surface area contributed by atoms with Gasteiger partial charge in [-0.05, 0) is 19.1 Å². The molecule has 0 aliphatic heterocycles. The molecule has 0 aromatic heterocycles. The SMILES string of the molecule is CCOC(=O)N(CC/C(N)=N/O)c1ccccc1. The first-order chi connectivity index (χ1) is 8.69. The molecule has 1 aromatic rings. The van der Waals surface area contributed by atoms with E-state index in [1.165, 1.54) is 4.90 Å². The molecule has 0 radical (unpaired) electrons. The molecular formula is C12H17N3O3. The number of benzene rings is 1. The Morgan fingerprint density at radius 1 is 1.44 bits per heavy atom. The molecule has 1 amide bonds. The number of ether oxygens (including phenoxy) is 1. The molecule has 0 fully saturated rings. The van der Waals surface area contributed by atoms with Crippen molar-refractivity contribution in [2.45, 2.75) is 13.3 Å². The normalized spacial score (nSPS) is 11.1. The van der Waals surface area contributed by atoms with Crippen molar-refractivity contribution >= 4 is 17.6 Å². The van der Waals surface area contributed by atoms with Crippen LogP contribution in [0, 0.1) is 0 Å². The van der Waals surface area contributed by atoms with Gasteiger partial charge in [-0.25, -0.2) is 4.79 Å². The highest BCUT2D eigenvalue weighted by atomic mass is 16.6. The zero-order valence-electron chi connectivity index (χ0n) is 10.2. The van der Waals surface area contributed by atoms with Crippen LogP contribution in [0.2, 0.25) is 0 Å². The predicted octanol–water partition coefficient (Wildman–Crippen LogP) is 1.79. The lowest BCUT2D eigenvalue weighted by Crippen LogP contribution is -2.34. The third-order valence-corrected chi connectivity index (χ3v) is 2.28. The van der Waals surface area contributed by atoms with E-state index < -0.39 is 6.09 Å². The number of hydrogen-bond donors (Lipinski definition) is 2. The Morgan fingerprint density at radius 2 is 2.11 bits per heavy atom. The smallest absolute Gasteiger partial charge is 0.414 e. The number of amidine groups is 1. The largest absolute Gasteiger partial charge is 0.449 e. The van der Waals surface area contributed by atoms with E-state index in [9.17, 15) is 4.79 Å². The molecule has 0 aliphatic carbocycles. The van der Waals surface area contributed by atoms with E-state index >= 15 is 0 Å². The van der Waals surface area contributed by atoms with Gasteiger partial charge in [-0.2, -0.15) is 0 Å². The van der Waals surface area contributed by atoms with Gasteiger partial charge in [0, 0.05) is 18.7 Å². The third-order valence-electron chi connectivity index (χ3n) is 2.28. The van der Waals surface area contributed by atoms with Crippen LogP contribution in [0.5, 0.6) is 0 Å². The van der Waals surface area contributed by atoms with E-state index in [1.54, 1.807) is 19.1 Å². The Bertz CT molecular complexity index is 406. The van der Waals surface area contributed by atoms with E-state index in [-0.39, 0.29) is 12.3 Å². The van der Waals surface area contributed by atoms with Crippen LogP contribution in [0.1, 0.15) is 13.3 Å². The second-order valence-corrected chi connectivity index (χ2v) is 3.53. The summed E-state index contributed by atoms with van der Waals surface area (Å²) in [5, 5.41) is 11.4. The molecule has 0 aliphatic rings. The van der Waals surface area contributed by atoms with Gasteiger partial charge in [0.05, 0.1) is 6.61 Å². The van der Waals surface area contributed by atoms with Crippen molar-refractivity contribution < 1.29 is 14.7 Å². The Kier molecular flexibility index (Phi) is 5.50. The number of nitrogens with zero attached hydrogens (tertiary/aromatic N) is 2. The highest BCUT2D eigenvalue weighted by Crippen LogP contribution is 2.14. The second-order valence-electron chi connectivity index (χ2n) is 3.53. The molecule has 0 saturated heterocycles. The van der Waals surface area contributed by atoms with E-state index in [4.69, 9.17) is 15.7 Å². The minimum absolute atomic E-state index is 0.0697. The lowest BCUT2D eigenvalue weighted by molar-refractivity contribution is 0.160. The van der Waals surface area contributed by atoms with Gasteiger partial charge in [-0.15, -0.1) is 0 Å². The summed E-state index contributed by atoms with van der Waals surface area (Å²) in [5.74, 6) is 0.0697. The van der Waals surface area contributed by atoms with Gasteiger partial charge in [-0.1, -0.05) is 23.4 Å². The Morgan fingerprint density at radius 3 is 2.67 bits per heavy atom. The molecule has 6 nitrogen and oxygen atoms in total. The van der Waals surface area contributed by atoms with Crippen LogP contribution in [-0.4, -0.2) is 30.3 Å². The van der Waals surface area contributed by atoms with Crippen LogP contribution in [0.3, 0.4) is 0 Å². The topological polar surface area (TPSA) is 88.2 Å². The van der Waals surface area contributed by atoms with Crippen LogP contribution in [0.15, 0.2) is 35.5 Å². The van der Waals surface area contributed by atoms with Gasteiger partial charge in [0.25, 0.3) is 0 Å². The number of para-hydroxylation sites is 1. The molecule has 18 heavy (non-hydrogen) atoms. The summed E-state index contributed by atoms with van der Waals surface area (Å²) in [4.78, 5) is 13.3. The maximum absolute atomic E-state index is 11.8. The predicted molar refractivity (Wildman–Crippen MR) is 68.8 cm³/mol. The molecule has 0 heterocycles. The van der Waals surface area contributed by atoms with Crippen LogP contribution >= 0.6 is 0 Å². The zero-order chi connectivity index (χ0) is 13.4. The summed E-state index contributed by atoms with van der Waals surface area (Å²) in [6, 6.07) is 9.10. The summed E-state index contributed by atoms with van der Waals surface area (Å²) in [7, 11) is 0. The molecule has 0 bridgehead atoms. The maximum atomic E-state index is 11.8. The molecule has 98 valence electrons. The number of carbonyl (C=O) groups is 1. The number of nitrogens with two attached hydrogens (primary N) is 1. The number of hydrogen-bond acceptors (Lipinski definition) is 4. The number of anilines is 1. The minimum atomic E-state index is -0.450. The van der Waals surface area contributed by atoms with Crippen LogP contribution in [-0.2, 0) is 4.74 Å². The van der Waals surface area contributed by atoms with Crippen molar-refractivity contribution in [3.63, 3.8) is 0 Å². The van der Waals surface area contributed by atoms with E-state index in [1.807, 2.05) is 18.2 Å². The molecule has 0 spiro atoms. The van der Waals surface area contributed by atoms with Crippen molar-refractivity contribution in [3.8, 4) is 0 Å². The highest BCUT2D eigenvalue weighted by molar-refractivity contribution is 5.89. The fraction of sp³-hybridized carbons (Fsp3) is 0.333. The number of rotatable bonds is 5. The van der Waals surface area contributed by atoms with Gasteiger partial charge in [-0.3, -0.25) is 4.90 Å². The molecule has 1 aromatic carbocycles. The fourth-order valence-electron chi connectivity index (χ4n) is 1.41. The van der Waals surface area contributed by atoms with Crippen LogP contribution in [0.4, 0.5) is 10.5 Å². The third kappa shape index (κ3) is 3.97. The monoisotopic (exact) mass is 251 g/mol. The molecule has 1 rings (SSSR count). The van der Waals surface area contributed by atoms with Crippen LogP contribution in [0.25, 0.3) is 0 Å². The lowest BCUT2D eigenvalue weighted by Gasteiger charge is -2.21. The Hall–Kier alpha value is -2.24. The molecule has 0 atom stereocenters. The summed E-state index contributed by atoms with van der Waals surface area (Å²) in [6.07, 6.45) is -0.182. The first kappa shape index (κ1) is 13.8. The van der Waals surface area contributed by atoms with Gasteiger partial charge in [0.15, 0.2) is 0 Å². The first-order valence-corrected chi connectivity index (χ1v) is 5.64. The van der Waals surface area contributed by atoms with Crippen molar-refractivity contribution in [1.29, 1.82) is 0 Å². The summed E-state index contributed by atoms with van der Waals surface area (Å²) in [6.45, 7) is 2.33. The van der Waals surface area contributed by atoms with E-state index in [0.717, 1.165) is 0 Å². The molecule has 0 saturated carbocycles. The molecule has 6 heteroatoms. The van der Waals surface area contributed by atoms with Crippen molar-refractivity contribution in [2.24, 2.45) is 10.9 Å². The average molecular weight is 251 g/mol. The highest BCUT2D eigenvalue weighted by Gasteiger charge is 2.16. The lowest BCUT2D eigenvalue weighted by atomic mass is 10.2. The molecular weight excluding hydrogens is 234 g/mol. The quantitative estimate of drug-likeness (QED) is 0.361. The summed E-state index contributed by atoms with van der Waals surface area (Å²) < 4.78 is 4.97. The van der Waals surface area contributed by atoms with Crippen molar-refractivity contribution in [1.82, 2.24) is 0 Å². The fourth-order valence-corrected chi connectivity index (χ4v) is 1.41.